The molecule has 0 aliphatic heterocycles. The third-order valence-electron chi connectivity index (χ3n) is 3.98. The molecule has 1 aromatic carbocycles. The molecule has 1 aliphatic rings. The van der Waals surface area contributed by atoms with Crippen molar-refractivity contribution in [1.29, 1.82) is 0 Å². The standard InChI is InChI=1S/C16H17ClN2O3S2/c1-10-6-7-13-11(8-10)9-14(23-13)16(20)18-19-24(21,22)15-5-3-2-4-12(15)17/h2-5,9-10,19H,6-8H2,1H3,(H,18,20)/t10-/m0/s1. The van der Waals surface area contributed by atoms with E-state index in [4.69, 9.17) is 11.6 Å². The first-order chi connectivity index (χ1) is 11.4. The number of carbonyl (C=O) groups excluding carboxylic acids is 1. The quantitative estimate of drug-likeness (QED) is 0.795. The monoisotopic (exact) mass is 384 g/mol. The lowest BCUT2D eigenvalue weighted by atomic mass is 9.90. The molecule has 5 nitrogen and oxygen atoms in total. The second-order valence-electron chi connectivity index (χ2n) is 5.90. The second-order valence-corrected chi connectivity index (χ2v) is 9.09. The summed E-state index contributed by atoms with van der Waals surface area (Å²) in [4.78, 5) is 16.0. The molecule has 2 aromatic rings. The molecule has 0 saturated carbocycles. The van der Waals surface area contributed by atoms with E-state index < -0.39 is 15.9 Å². The van der Waals surface area contributed by atoms with Crippen LogP contribution in [-0.4, -0.2) is 14.3 Å². The van der Waals surface area contributed by atoms with Crippen molar-refractivity contribution >= 4 is 38.9 Å². The van der Waals surface area contributed by atoms with Crippen LogP contribution in [-0.2, 0) is 22.9 Å². The van der Waals surface area contributed by atoms with Crippen LogP contribution in [0.4, 0.5) is 0 Å². The maximum absolute atomic E-state index is 12.2. The number of fused-ring (bicyclic) bond motifs is 1. The molecule has 8 heteroatoms. The first-order valence-corrected chi connectivity index (χ1v) is 10.2. The van der Waals surface area contributed by atoms with E-state index in [0.29, 0.717) is 10.8 Å². The van der Waals surface area contributed by atoms with Gasteiger partial charge in [-0.05, 0) is 48.9 Å². The lowest BCUT2D eigenvalue weighted by molar-refractivity contribution is 0.0949. The average Bonchev–Trinajstić information content (AvgIpc) is 2.96. The summed E-state index contributed by atoms with van der Waals surface area (Å²) in [7, 11) is -3.91. The van der Waals surface area contributed by atoms with Crippen molar-refractivity contribution in [2.24, 2.45) is 5.92 Å². The summed E-state index contributed by atoms with van der Waals surface area (Å²) in [6.07, 6.45) is 3.05. The van der Waals surface area contributed by atoms with Crippen LogP contribution in [0.25, 0.3) is 0 Å². The van der Waals surface area contributed by atoms with Crippen molar-refractivity contribution in [3.05, 3.63) is 50.7 Å². The van der Waals surface area contributed by atoms with Crippen LogP contribution >= 0.6 is 22.9 Å². The van der Waals surface area contributed by atoms with Gasteiger partial charge in [-0.15, -0.1) is 16.2 Å². The van der Waals surface area contributed by atoms with Gasteiger partial charge < -0.3 is 0 Å². The maximum Gasteiger partial charge on any atom is 0.276 e. The minimum absolute atomic E-state index is 0.0775. The lowest BCUT2D eigenvalue weighted by Crippen LogP contribution is -2.41. The van der Waals surface area contributed by atoms with Gasteiger partial charge in [0.1, 0.15) is 4.90 Å². The van der Waals surface area contributed by atoms with Crippen LogP contribution in [0.2, 0.25) is 5.02 Å². The molecule has 0 radical (unpaired) electrons. The van der Waals surface area contributed by atoms with Gasteiger partial charge in [0.2, 0.25) is 0 Å². The van der Waals surface area contributed by atoms with E-state index in [0.717, 1.165) is 19.3 Å². The van der Waals surface area contributed by atoms with Crippen LogP contribution in [0.3, 0.4) is 0 Å². The predicted octanol–water partition coefficient (Wildman–Crippen LogP) is 3.15. The number of hydrogen-bond acceptors (Lipinski definition) is 4. The molecule has 3 rings (SSSR count). The number of aryl methyl sites for hydroxylation is 1. The topological polar surface area (TPSA) is 75.3 Å². The molecule has 1 aliphatic carbocycles. The molecule has 1 atom stereocenters. The van der Waals surface area contributed by atoms with Gasteiger partial charge in [0.25, 0.3) is 15.9 Å². The van der Waals surface area contributed by atoms with E-state index in [9.17, 15) is 13.2 Å². The highest BCUT2D eigenvalue weighted by Crippen LogP contribution is 2.32. The van der Waals surface area contributed by atoms with Crippen LogP contribution in [0.15, 0.2) is 35.2 Å². The fourth-order valence-corrected chi connectivity index (χ4v) is 5.17. The summed E-state index contributed by atoms with van der Waals surface area (Å²) in [5, 5.41) is 0.0971. The molecular weight excluding hydrogens is 368 g/mol. The summed E-state index contributed by atoms with van der Waals surface area (Å²) in [6, 6.07) is 7.91. The summed E-state index contributed by atoms with van der Waals surface area (Å²) in [5.74, 6) is 0.152. The van der Waals surface area contributed by atoms with Crippen molar-refractivity contribution in [1.82, 2.24) is 10.3 Å². The van der Waals surface area contributed by atoms with Crippen LogP contribution in [0, 0.1) is 5.92 Å². The molecule has 0 fully saturated rings. The van der Waals surface area contributed by atoms with Gasteiger partial charge in [0, 0.05) is 4.88 Å². The van der Waals surface area contributed by atoms with E-state index in [1.54, 1.807) is 12.1 Å². The molecular formula is C16H17ClN2O3S2. The number of halogens is 1. The minimum atomic E-state index is -3.91. The Kier molecular flexibility index (Phi) is 4.96. The Bertz CT molecular complexity index is 877. The van der Waals surface area contributed by atoms with Crippen molar-refractivity contribution in [2.45, 2.75) is 31.1 Å². The molecule has 0 bridgehead atoms. The SMILES string of the molecule is C[C@H]1CCc2sc(C(=O)NNS(=O)(=O)c3ccccc3Cl)cc2C1. The number of benzene rings is 1. The lowest BCUT2D eigenvalue weighted by Gasteiger charge is -2.16. The number of hydrogen-bond donors (Lipinski definition) is 2. The zero-order chi connectivity index (χ0) is 17.3. The Morgan fingerprint density at radius 2 is 2.08 bits per heavy atom. The highest BCUT2D eigenvalue weighted by molar-refractivity contribution is 7.89. The zero-order valence-corrected chi connectivity index (χ0v) is 15.4. The second kappa shape index (κ2) is 6.84. The van der Waals surface area contributed by atoms with Gasteiger partial charge in [-0.2, -0.15) is 0 Å². The van der Waals surface area contributed by atoms with Gasteiger partial charge in [-0.3, -0.25) is 10.2 Å². The molecule has 1 amide bonds. The normalized spacial score (nSPS) is 17.3. The van der Waals surface area contributed by atoms with Crippen molar-refractivity contribution in [3.63, 3.8) is 0 Å². The third kappa shape index (κ3) is 3.64. The van der Waals surface area contributed by atoms with Gasteiger partial charge in [-0.25, -0.2) is 8.42 Å². The van der Waals surface area contributed by atoms with Gasteiger partial charge in [0.15, 0.2) is 0 Å². The van der Waals surface area contributed by atoms with Gasteiger partial charge in [0.05, 0.1) is 9.90 Å². The number of carbonyl (C=O) groups is 1. The molecule has 24 heavy (non-hydrogen) atoms. The highest BCUT2D eigenvalue weighted by atomic mass is 35.5. The zero-order valence-electron chi connectivity index (χ0n) is 13.0. The molecule has 1 aromatic heterocycles. The minimum Gasteiger partial charge on any atom is -0.273 e. The Hall–Kier alpha value is -1.41. The van der Waals surface area contributed by atoms with Crippen molar-refractivity contribution in [2.75, 3.05) is 0 Å². The largest absolute Gasteiger partial charge is 0.276 e. The summed E-state index contributed by atoms with van der Waals surface area (Å²) in [5.41, 5.74) is 3.45. The number of hydrazine groups is 1. The molecule has 2 N–H and O–H groups in total. The molecule has 0 unspecified atom stereocenters. The predicted molar refractivity (Wildman–Crippen MR) is 94.7 cm³/mol. The van der Waals surface area contributed by atoms with E-state index in [1.807, 2.05) is 6.07 Å². The summed E-state index contributed by atoms with van der Waals surface area (Å²) in [6.45, 7) is 2.19. The third-order valence-corrected chi connectivity index (χ3v) is 6.96. The first kappa shape index (κ1) is 17.4. The van der Waals surface area contributed by atoms with E-state index in [2.05, 4.69) is 17.2 Å². The number of thiophene rings is 1. The Morgan fingerprint density at radius 3 is 2.83 bits per heavy atom. The molecule has 128 valence electrons. The van der Waals surface area contributed by atoms with E-state index in [1.165, 1.54) is 33.9 Å². The average molecular weight is 385 g/mol. The van der Waals surface area contributed by atoms with Gasteiger partial charge >= 0.3 is 0 Å². The summed E-state index contributed by atoms with van der Waals surface area (Å²) >= 11 is 7.32. The Morgan fingerprint density at radius 1 is 1.33 bits per heavy atom. The molecule has 1 heterocycles. The Balaban J connectivity index is 1.71. The highest BCUT2D eigenvalue weighted by Gasteiger charge is 2.22. The van der Waals surface area contributed by atoms with Gasteiger partial charge in [-0.1, -0.05) is 30.7 Å². The van der Waals surface area contributed by atoms with Crippen LogP contribution in [0.5, 0.6) is 0 Å². The van der Waals surface area contributed by atoms with Crippen molar-refractivity contribution < 1.29 is 13.2 Å². The number of sulfonamides is 1. The smallest absolute Gasteiger partial charge is 0.273 e. The Labute approximate surface area is 150 Å². The van der Waals surface area contributed by atoms with E-state index >= 15 is 0 Å². The summed E-state index contributed by atoms with van der Waals surface area (Å²) < 4.78 is 24.4. The maximum atomic E-state index is 12.2. The number of nitrogens with one attached hydrogen (secondary N) is 2. The first-order valence-electron chi connectivity index (χ1n) is 7.55. The van der Waals surface area contributed by atoms with E-state index in [-0.39, 0.29) is 9.92 Å². The molecule has 0 saturated heterocycles. The fourth-order valence-electron chi connectivity index (χ4n) is 2.71. The van der Waals surface area contributed by atoms with Crippen LogP contribution in [0.1, 0.15) is 33.5 Å². The van der Waals surface area contributed by atoms with Crippen LogP contribution < -0.4 is 10.3 Å². The number of rotatable bonds is 4. The number of amides is 1. The fraction of sp³-hybridized carbons (Fsp3) is 0.312. The molecule has 0 spiro atoms. The van der Waals surface area contributed by atoms with Crippen molar-refractivity contribution in [3.8, 4) is 0 Å².